The topological polar surface area (TPSA) is 60.4 Å². The summed E-state index contributed by atoms with van der Waals surface area (Å²) in [5.74, 6) is -0.839. The maximum atomic E-state index is 12.9. The summed E-state index contributed by atoms with van der Waals surface area (Å²) in [6.07, 6.45) is 1.67. The molecule has 0 unspecified atom stereocenters. The van der Waals surface area contributed by atoms with Crippen molar-refractivity contribution in [1.82, 2.24) is 0 Å². The Morgan fingerprint density at radius 3 is 1.96 bits per heavy atom. The number of fused-ring (bicyclic) bond motifs is 2. The van der Waals surface area contributed by atoms with E-state index in [9.17, 15) is 14.4 Å². The van der Waals surface area contributed by atoms with Crippen LogP contribution in [0.25, 0.3) is 11.6 Å². The number of esters is 1. The van der Waals surface area contributed by atoms with Gasteiger partial charge in [0.1, 0.15) is 0 Å². The third kappa shape index (κ3) is 2.95. The van der Waals surface area contributed by atoms with Crippen molar-refractivity contribution in [2.75, 3.05) is 7.11 Å². The minimum absolute atomic E-state index is 0.169. The molecule has 0 aromatic heterocycles. The van der Waals surface area contributed by atoms with Gasteiger partial charge in [0.15, 0.2) is 11.6 Å². The van der Waals surface area contributed by atoms with E-state index in [0.717, 1.165) is 0 Å². The average molecular weight is 368 g/mol. The van der Waals surface area contributed by atoms with Gasteiger partial charge in [-0.1, -0.05) is 60.7 Å². The molecule has 3 aromatic rings. The Hall–Kier alpha value is -3.79. The molecule has 3 aromatic carbocycles. The highest BCUT2D eigenvalue weighted by atomic mass is 16.5. The van der Waals surface area contributed by atoms with E-state index in [1.54, 1.807) is 48.5 Å². The van der Waals surface area contributed by atoms with Crippen molar-refractivity contribution in [3.8, 4) is 0 Å². The molecule has 1 aliphatic carbocycles. The molecule has 0 aliphatic heterocycles. The normalized spacial score (nSPS) is 13.0. The quantitative estimate of drug-likeness (QED) is 0.309. The highest BCUT2D eigenvalue weighted by molar-refractivity contribution is 6.28. The molecule has 4 heteroatoms. The van der Waals surface area contributed by atoms with Crippen LogP contribution < -0.4 is 0 Å². The van der Waals surface area contributed by atoms with Gasteiger partial charge in [-0.3, -0.25) is 9.59 Å². The number of benzene rings is 3. The first kappa shape index (κ1) is 17.6. The monoisotopic (exact) mass is 368 g/mol. The average Bonchev–Trinajstić information content (AvgIpc) is 2.76. The molecule has 0 radical (unpaired) electrons. The molecule has 0 saturated carbocycles. The summed E-state index contributed by atoms with van der Waals surface area (Å²) in [5, 5.41) is 0. The zero-order chi connectivity index (χ0) is 19.7. The predicted molar refractivity (Wildman–Crippen MR) is 106 cm³/mol. The Morgan fingerprint density at radius 1 is 0.750 bits per heavy atom. The minimum Gasteiger partial charge on any atom is -0.465 e. The van der Waals surface area contributed by atoms with E-state index < -0.39 is 5.97 Å². The Labute approximate surface area is 162 Å². The second-order valence-electron chi connectivity index (χ2n) is 6.42. The van der Waals surface area contributed by atoms with Crippen LogP contribution in [0.5, 0.6) is 0 Å². The molecule has 0 spiro atoms. The zero-order valence-corrected chi connectivity index (χ0v) is 15.1. The zero-order valence-electron chi connectivity index (χ0n) is 15.1. The van der Waals surface area contributed by atoms with Gasteiger partial charge in [0, 0.05) is 22.3 Å². The van der Waals surface area contributed by atoms with Gasteiger partial charge in [-0.15, -0.1) is 0 Å². The second-order valence-corrected chi connectivity index (χ2v) is 6.42. The number of ketones is 2. The maximum Gasteiger partial charge on any atom is 0.338 e. The molecule has 0 fully saturated rings. The van der Waals surface area contributed by atoms with Crippen LogP contribution in [0.4, 0.5) is 0 Å². The fourth-order valence-electron chi connectivity index (χ4n) is 3.36. The third-order valence-corrected chi connectivity index (χ3v) is 4.75. The van der Waals surface area contributed by atoms with Gasteiger partial charge in [0.2, 0.25) is 0 Å². The number of ether oxygens (including phenoxy) is 1. The van der Waals surface area contributed by atoms with Gasteiger partial charge in [0.05, 0.1) is 12.7 Å². The van der Waals surface area contributed by atoms with Crippen molar-refractivity contribution in [3.05, 3.63) is 106 Å². The molecule has 0 atom stereocenters. The summed E-state index contributed by atoms with van der Waals surface area (Å²) in [5.41, 5.74) is 3.26. The molecule has 0 amide bonds. The fraction of sp³-hybridized carbons (Fsp3) is 0.0417. The van der Waals surface area contributed by atoms with Crippen LogP contribution in [-0.4, -0.2) is 24.6 Å². The number of carbonyl (C=O) groups is 3. The van der Waals surface area contributed by atoms with Crippen molar-refractivity contribution in [2.45, 2.75) is 0 Å². The molecule has 0 N–H and O–H groups in total. The number of rotatable bonds is 3. The summed E-state index contributed by atoms with van der Waals surface area (Å²) >= 11 is 0. The molecule has 4 nitrogen and oxygen atoms in total. The lowest BCUT2D eigenvalue weighted by Crippen LogP contribution is -2.20. The van der Waals surface area contributed by atoms with Crippen LogP contribution in [0.2, 0.25) is 0 Å². The lowest BCUT2D eigenvalue weighted by atomic mass is 9.83. The van der Waals surface area contributed by atoms with E-state index in [-0.39, 0.29) is 11.6 Å². The number of hydrogen-bond donors (Lipinski definition) is 0. The first-order valence-corrected chi connectivity index (χ1v) is 8.78. The highest BCUT2D eigenvalue weighted by Gasteiger charge is 2.29. The van der Waals surface area contributed by atoms with Gasteiger partial charge in [0.25, 0.3) is 0 Å². The summed E-state index contributed by atoms with van der Waals surface area (Å²) < 4.78 is 4.91. The molecule has 0 saturated heterocycles. The van der Waals surface area contributed by atoms with Crippen molar-refractivity contribution < 1.29 is 19.1 Å². The van der Waals surface area contributed by atoms with Crippen molar-refractivity contribution in [3.63, 3.8) is 0 Å². The molecule has 136 valence electrons. The van der Waals surface area contributed by atoms with Crippen LogP contribution >= 0.6 is 0 Å². The smallest absolute Gasteiger partial charge is 0.338 e. The molecule has 0 heterocycles. The Morgan fingerprint density at radius 2 is 1.32 bits per heavy atom. The van der Waals surface area contributed by atoms with E-state index in [2.05, 4.69) is 0 Å². The van der Waals surface area contributed by atoms with E-state index in [1.165, 1.54) is 7.11 Å². The maximum absolute atomic E-state index is 12.9. The van der Waals surface area contributed by atoms with Crippen LogP contribution in [0.15, 0.2) is 72.8 Å². The molecular formula is C24H16O4. The van der Waals surface area contributed by atoms with Gasteiger partial charge < -0.3 is 4.74 Å². The van der Waals surface area contributed by atoms with Crippen LogP contribution in [0.1, 0.15) is 43.0 Å². The minimum atomic E-state index is -0.475. The largest absolute Gasteiger partial charge is 0.465 e. The van der Waals surface area contributed by atoms with Gasteiger partial charge in [-0.25, -0.2) is 4.79 Å². The van der Waals surface area contributed by atoms with E-state index in [4.69, 9.17) is 4.74 Å². The van der Waals surface area contributed by atoms with E-state index in [1.807, 2.05) is 30.3 Å². The van der Waals surface area contributed by atoms with Crippen LogP contribution in [0, 0.1) is 0 Å². The fourth-order valence-corrected chi connectivity index (χ4v) is 3.36. The number of carbonyl (C=O) groups excluding carboxylic acids is 3. The molecule has 1 aliphatic rings. The summed E-state index contributed by atoms with van der Waals surface area (Å²) in [7, 11) is 1.32. The third-order valence-electron chi connectivity index (χ3n) is 4.75. The lowest BCUT2D eigenvalue weighted by molar-refractivity contribution is -0.133. The van der Waals surface area contributed by atoms with Gasteiger partial charge >= 0.3 is 5.97 Å². The van der Waals surface area contributed by atoms with Crippen LogP contribution in [-0.2, 0) is 9.53 Å². The van der Waals surface area contributed by atoms with E-state index in [0.29, 0.717) is 39.0 Å². The summed E-state index contributed by atoms with van der Waals surface area (Å²) in [6.45, 7) is 0. The standard InChI is InChI=1S/C24H16O4/c1-28-24(27)20(16-7-3-2-4-8-16)13-15-11-12-19-21(14-15)23(26)18-10-6-5-9-17(18)22(19)25/h2-14H,1H3/b20-13+. The van der Waals surface area contributed by atoms with Gasteiger partial charge in [-0.2, -0.15) is 0 Å². The number of methoxy groups -OCH3 is 1. The molecule has 4 rings (SSSR count). The van der Waals surface area contributed by atoms with Crippen molar-refractivity contribution >= 4 is 29.2 Å². The van der Waals surface area contributed by atoms with E-state index >= 15 is 0 Å². The summed E-state index contributed by atoms with van der Waals surface area (Å²) in [6, 6.07) is 21.0. The molecule has 28 heavy (non-hydrogen) atoms. The van der Waals surface area contributed by atoms with Crippen molar-refractivity contribution in [1.29, 1.82) is 0 Å². The Bertz CT molecular complexity index is 1140. The first-order valence-electron chi connectivity index (χ1n) is 8.78. The predicted octanol–water partition coefficient (Wildman–Crippen LogP) is 4.18. The Kier molecular flexibility index (Phi) is 4.45. The highest BCUT2D eigenvalue weighted by Crippen LogP contribution is 2.29. The van der Waals surface area contributed by atoms with Gasteiger partial charge in [-0.05, 0) is 29.3 Å². The lowest BCUT2D eigenvalue weighted by Gasteiger charge is -2.17. The van der Waals surface area contributed by atoms with Crippen molar-refractivity contribution in [2.24, 2.45) is 0 Å². The second kappa shape index (κ2) is 7.08. The first-order chi connectivity index (χ1) is 13.6. The molecular weight excluding hydrogens is 352 g/mol. The summed E-state index contributed by atoms with van der Waals surface area (Å²) in [4.78, 5) is 37.9. The van der Waals surface area contributed by atoms with Crippen LogP contribution in [0.3, 0.4) is 0 Å². The SMILES string of the molecule is COC(=O)/C(=C/c1ccc2c(c1)C(=O)c1ccccc1C2=O)c1ccccc1. The Balaban J connectivity index is 1.82. The number of hydrogen-bond acceptors (Lipinski definition) is 4. The molecule has 0 bridgehead atoms.